The number of hydrogen-bond acceptors (Lipinski definition) is 3. The summed E-state index contributed by atoms with van der Waals surface area (Å²) in [5, 5.41) is 9.07. The Morgan fingerprint density at radius 1 is 1.39 bits per heavy atom. The Morgan fingerprint density at radius 3 is 2.44 bits per heavy atom. The number of methoxy groups -OCH3 is 1. The highest BCUT2D eigenvalue weighted by atomic mass is 16.5. The first-order chi connectivity index (χ1) is 8.35. The number of rotatable bonds is 10. The number of aliphatic carboxylic acids is 1. The van der Waals surface area contributed by atoms with Crippen LogP contribution in [-0.4, -0.2) is 48.8 Å². The quantitative estimate of drug-likeness (QED) is 0.655. The average Bonchev–Trinajstić information content (AvgIpc) is 2.32. The van der Waals surface area contributed by atoms with Gasteiger partial charge in [-0.2, -0.15) is 0 Å². The summed E-state index contributed by atoms with van der Waals surface area (Å²) in [6.45, 7) is 10.5. The van der Waals surface area contributed by atoms with Gasteiger partial charge in [0, 0.05) is 19.7 Å². The number of carboxylic acid groups (broad SMARTS) is 1. The number of carbonyl (C=O) groups is 1. The van der Waals surface area contributed by atoms with Gasteiger partial charge in [0.15, 0.2) is 0 Å². The predicted octanol–water partition coefficient (Wildman–Crippen LogP) is 2.62. The van der Waals surface area contributed by atoms with Crippen LogP contribution in [0.5, 0.6) is 0 Å². The van der Waals surface area contributed by atoms with Crippen molar-refractivity contribution in [2.75, 3.05) is 26.8 Å². The molecule has 18 heavy (non-hydrogen) atoms. The third-order valence-corrected chi connectivity index (χ3v) is 3.62. The monoisotopic (exact) mass is 259 g/mol. The summed E-state index contributed by atoms with van der Waals surface area (Å²) in [6.07, 6.45) is 2.72. The van der Waals surface area contributed by atoms with E-state index in [1.165, 1.54) is 0 Å². The van der Waals surface area contributed by atoms with Crippen LogP contribution in [0.3, 0.4) is 0 Å². The number of nitrogens with zero attached hydrogens (tertiary/aromatic N) is 1. The van der Waals surface area contributed by atoms with E-state index in [0.717, 1.165) is 32.5 Å². The molecule has 0 aromatic heterocycles. The lowest BCUT2D eigenvalue weighted by Crippen LogP contribution is -2.37. The number of hydrogen-bond donors (Lipinski definition) is 1. The van der Waals surface area contributed by atoms with Gasteiger partial charge in [-0.3, -0.25) is 9.69 Å². The lowest BCUT2D eigenvalue weighted by molar-refractivity contribution is -0.147. The molecule has 0 aromatic carbocycles. The summed E-state index contributed by atoms with van der Waals surface area (Å²) >= 11 is 0. The van der Waals surface area contributed by atoms with E-state index in [2.05, 4.69) is 18.7 Å². The van der Waals surface area contributed by atoms with Crippen LogP contribution in [0.1, 0.15) is 47.0 Å². The molecule has 0 bridgehead atoms. The van der Waals surface area contributed by atoms with Crippen LogP contribution < -0.4 is 0 Å². The van der Waals surface area contributed by atoms with Crippen molar-refractivity contribution >= 4 is 5.97 Å². The molecule has 0 spiro atoms. The molecular formula is C14H29NO3. The fourth-order valence-electron chi connectivity index (χ4n) is 1.85. The second kappa shape index (κ2) is 8.48. The molecule has 0 aliphatic rings. The fourth-order valence-corrected chi connectivity index (χ4v) is 1.85. The third kappa shape index (κ3) is 6.36. The highest BCUT2D eigenvalue weighted by Gasteiger charge is 2.26. The Labute approximate surface area is 111 Å². The third-order valence-electron chi connectivity index (χ3n) is 3.62. The van der Waals surface area contributed by atoms with Gasteiger partial charge >= 0.3 is 5.97 Å². The van der Waals surface area contributed by atoms with Crippen molar-refractivity contribution in [3.63, 3.8) is 0 Å². The van der Waals surface area contributed by atoms with E-state index in [0.29, 0.717) is 12.5 Å². The summed E-state index contributed by atoms with van der Waals surface area (Å²) in [4.78, 5) is 13.4. The Morgan fingerprint density at radius 2 is 2.00 bits per heavy atom. The van der Waals surface area contributed by atoms with Gasteiger partial charge in [0.25, 0.3) is 0 Å². The molecule has 1 unspecified atom stereocenters. The molecule has 0 heterocycles. The van der Waals surface area contributed by atoms with Crippen LogP contribution in [-0.2, 0) is 9.53 Å². The lowest BCUT2D eigenvalue weighted by Gasteiger charge is -2.29. The molecule has 0 amide bonds. The fraction of sp³-hybridized carbons (Fsp3) is 0.929. The van der Waals surface area contributed by atoms with Crippen molar-refractivity contribution in [2.24, 2.45) is 5.41 Å². The topological polar surface area (TPSA) is 49.8 Å². The number of ether oxygens (including phenoxy) is 1. The van der Waals surface area contributed by atoms with Crippen molar-refractivity contribution in [1.82, 2.24) is 4.90 Å². The molecule has 1 N–H and O–H groups in total. The van der Waals surface area contributed by atoms with Crippen molar-refractivity contribution in [1.29, 1.82) is 0 Å². The Bertz CT molecular complexity index is 241. The molecule has 0 radical (unpaired) electrons. The van der Waals surface area contributed by atoms with Crippen LogP contribution in [0.25, 0.3) is 0 Å². The first-order valence-electron chi connectivity index (χ1n) is 6.81. The van der Waals surface area contributed by atoms with Crippen LogP contribution in [0, 0.1) is 5.41 Å². The van der Waals surface area contributed by atoms with Gasteiger partial charge in [0.1, 0.15) is 0 Å². The molecule has 4 nitrogen and oxygen atoms in total. The smallest absolute Gasteiger partial charge is 0.309 e. The zero-order chi connectivity index (χ0) is 14.2. The molecule has 0 saturated heterocycles. The summed E-state index contributed by atoms with van der Waals surface area (Å²) in [7, 11) is 1.71. The van der Waals surface area contributed by atoms with Gasteiger partial charge in [0.2, 0.25) is 0 Å². The molecule has 0 aliphatic carbocycles. The maximum Gasteiger partial charge on any atom is 0.309 e. The summed E-state index contributed by atoms with van der Waals surface area (Å²) < 4.78 is 5.12. The van der Waals surface area contributed by atoms with Crippen molar-refractivity contribution < 1.29 is 14.6 Å². The Balaban J connectivity index is 4.14. The molecule has 108 valence electrons. The summed E-state index contributed by atoms with van der Waals surface area (Å²) in [5.74, 6) is -0.713. The zero-order valence-corrected chi connectivity index (χ0v) is 12.5. The molecule has 4 heteroatoms. The van der Waals surface area contributed by atoms with E-state index in [-0.39, 0.29) is 0 Å². The Kier molecular flexibility index (Phi) is 8.20. The number of carboxylic acids is 1. The van der Waals surface area contributed by atoms with Gasteiger partial charge in [-0.1, -0.05) is 6.92 Å². The van der Waals surface area contributed by atoms with Crippen molar-refractivity contribution in [3.05, 3.63) is 0 Å². The summed E-state index contributed by atoms with van der Waals surface area (Å²) in [6, 6.07) is 0.521. The second-order valence-corrected chi connectivity index (χ2v) is 5.58. The predicted molar refractivity (Wildman–Crippen MR) is 73.9 cm³/mol. The maximum absolute atomic E-state index is 11.0. The molecule has 0 fully saturated rings. The van der Waals surface area contributed by atoms with Crippen molar-refractivity contribution in [2.45, 2.75) is 53.0 Å². The minimum absolute atomic E-state index is 0.521. The molecule has 1 atom stereocenters. The standard InChI is InChI=1S/C14H29NO3/c1-6-12(2)15(10-11-18-5)9-7-8-14(3,4)13(16)17/h12H,6-11H2,1-5H3,(H,16,17). The lowest BCUT2D eigenvalue weighted by atomic mass is 9.88. The zero-order valence-electron chi connectivity index (χ0n) is 12.5. The minimum Gasteiger partial charge on any atom is -0.481 e. The summed E-state index contributed by atoms with van der Waals surface area (Å²) in [5.41, 5.74) is -0.623. The van der Waals surface area contributed by atoms with E-state index in [9.17, 15) is 4.79 Å². The van der Waals surface area contributed by atoms with Crippen molar-refractivity contribution in [3.8, 4) is 0 Å². The van der Waals surface area contributed by atoms with E-state index >= 15 is 0 Å². The highest BCUT2D eigenvalue weighted by Crippen LogP contribution is 2.22. The molecule has 0 aromatic rings. The molecular weight excluding hydrogens is 230 g/mol. The van der Waals surface area contributed by atoms with Gasteiger partial charge in [0.05, 0.1) is 12.0 Å². The van der Waals surface area contributed by atoms with E-state index in [1.807, 2.05) is 0 Å². The van der Waals surface area contributed by atoms with E-state index in [1.54, 1.807) is 21.0 Å². The first kappa shape index (κ1) is 17.4. The van der Waals surface area contributed by atoms with Crippen LogP contribution in [0.15, 0.2) is 0 Å². The van der Waals surface area contributed by atoms with Gasteiger partial charge in [-0.25, -0.2) is 0 Å². The Hall–Kier alpha value is -0.610. The minimum atomic E-state index is -0.713. The first-order valence-corrected chi connectivity index (χ1v) is 6.81. The van der Waals surface area contributed by atoms with Gasteiger partial charge in [-0.05, 0) is 46.6 Å². The van der Waals surface area contributed by atoms with Crippen LogP contribution >= 0.6 is 0 Å². The second-order valence-electron chi connectivity index (χ2n) is 5.58. The SMILES string of the molecule is CCC(C)N(CCCC(C)(C)C(=O)O)CCOC. The normalized spacial score (nSPS) is 13.9. The van der Waals surface area contributed by atoms with E-state index in [4.69, 9.17) is 9.84 Å². The van der Waals surface area contributed by atoms with Crippen LogP contribution in [0.4, 0.5) is 0 Å². The molecule has 0 aliphatic heterocycles. The van der Waals surface area contributed by atoms with Gasteiger partial charge < -0.3 is 9.84 Å². The highest BCUT2D eigenvalue weighted by molar-refractivity contribution is 5.73. The average molecular weight is 259 g/mol. The van der Waals surface area contributed by atoms with E-state index < -0.39 is 11.4 Å². The van der Waals surface area contributed by atoms with Gasteiger partial charge in [-0.15, -0.1) is 0 Å². The largest absolute Gasteiger partial charge is 0.481 e. The maximum atomic E-state index is 11.0. The van der Waals surface area contributed by atoms with Crippen LogP contribution in [0.2, 0.25) is 0 Å². The molecule has 0 rings (SSSR count). The molecule has 0 saturated carbocycles.